The van der Waals surface area contributed by atoms with E-state index in [1.165, 1.54) is 12.1 Å². The number of aliphatic hydroxyl groups excluding tert-OH is 1. The van der Waals surface area contributed by atoms with E-state index in [2.05, 4.69) is 15.5 Å². The van der Waals surface area contributed by atoms with Crippen molar-refractivity contribution in [2.75, 3.05) is 29.9 Å². The topological polar surface area (TPSA) is 64.6 Å². The second kappa shape index (κ2) is 7.45. The number of nitrogens with one attached hydrogen (secondary N) is 2. The lowest BCUT2D eigenvalue weighted by atomic mass is 10.1. The van der Waals surface area contributed by atoms with Gasteiger partial charge in [0.25, 0.3) is 0 Å². The normalized spacial score (nSPS) is 16.0. The fourth-order valence-electron chi connectivity index (χ4n) is 2.41. The van der Waals surface area contributed by atoms with Gasteiger partial charge in [-0.05, 0) is 37.0 Å². The molecular weight excluding hydrogens is 285 g/mol. The predicted molar refractivity (Wildman–Crippen MR) is 85.7 cm³/mol. The molecule has 1 aliphatic rings. The number of carbonyl (C=O) groups is 1. The molecule has 0 spiro atoms. The first kappa shape index (κ1) is 16.5. The van der Waals surface area contributed by atoms with Crippen molar-refractivity contribution in [3.05, 3.63) is 24.0 Å². The van der Waals surface area contributed by atoms with Gasteiger partial charge in [0, 0.05) is 31.0 Å². The maximum absolute atomic E-state index is 13.7. The lowest BCUT2D eigenvalue weighted by molar-refractivity contribution is 0.126. The van der Waals surface area contributed by atoms with Crippen LogP contribution in [-0.2, 0) is 0 Å². The minimum absolute atomic E-state index is 0.0660. The van der Waals surface area contributed by atoms with E-state index in [1.807, 2.05) is 13.8 Å². The van der Waals surface area contributed by atoms with Crippen molar-refractivity contribution in [2.45, 2.75) is 32.8 Å². The average molecular weight is 309 g/mol. The number of nitrogens with zero attached hydrogens (tertiary/aromatic N) is 1. The van der Waals surface area contributed by atoms with Crippen LogP contribution in [0.1, 0.15) is 26.7 Å². The van der Waals surface area contributed by atoms with Crippen LogP contribution >= 0.6 is 0 Å². The van der Waals surface area contributed by atoms with Gasteiger partial charge in [0.15, 0.2) is 0 Å². The van der Waals surface area contributed by atoms with Gasteiger partial charge in [-0.3, -0.25) is 0 Å². The first-order valence-electron chi connectivity index (χ1n) is 7.74. The minimum atomic E-state index is -0.599. The number of benzene rings is 1. The van der Waals surface area contributed by atoms with E-state index in [1.54, 1.807) is 6.07 Å². The molecule has 0 saturated carbocycles. The third-order valence-corrected chi connectivity index (χ3v) is 3.85. The lowest BCUT2D eigenvalue weighted by Crippen LogP contribution is -2.37. The highest BCUT2D eigenvalue weighted by atomic mass is 19.1. The zero-order valence-electron chi connectivity index (χ0n) is 13.1. The maximum Gasteiger partial charge on any atom is 0.319 e. The van der Waals surface area contributed by atoms with Crippen LogP contribution in [0.2, 0.25) is 0 Å². The summed E-state index contributed by atoms with van der Waals surface area (Å²) < 4.78 is 13.7. The summed E-state index contributed by atoms with van der Waals surface area (Å²) >= 11 is 0. The van der Waals surface area contributed by atoms with Crippen LogP contribution in [0.15, 0.2) is 18.2 Å². The summed E-state index contributed by atoms with van der Waals surface area (Å²) in [5.74, 6) is -0.307. The Morgan fingerprint density at radius 1 is 1.32 bits per heavy atom. The Bertz CT molecular complexity index is 516. The molecule has 0 aliphatic carbocycles. The van der Waals surface area contributed by atoms with E-state index >= 15 is 0 Å². The highest BCUT2D eigenvalue weighted by molar-refractivity contribution is 5.89. The SMILES string of the molecule is CC(C)C(O)CNC(=O)Nc1cc(F)cc(N2CCCC2)c1. The summed E-state index contributed by atoms with van der Waals surface area (Å²) in [6.45, 7) is 5.74. The molecule has 1 saturated heterocycles. The van der Waals surface area contributed by atoms with Crippen molar-refractivity contribution < 1.29 is 14.3 Å². The van der Waals surface area contributed by atoms with Crippen LogP contribution in [0.4, 0.5) is 20.6 Å². The van der Waals surface area contributed by atoms with Gasteiger partial charge in [0.2, 0.25) is 0 Å². The monoisotopic (exact) mass is 309 g/mol. The van der Waals surface area contributed by atoms with Crippen molar-refractivity contribution in [2.24, 2.45) is 5.92 Å². The van der Waals surface area contributed by atoms with Crippen LogP contribution in [0, 0.1) is 11.7 Å². The summed E-state index contributed by atoms with van der Waals surface area (Å²) in [6, 6.07) is 4.10. The molecule has 1 aliphatic heterocycles. The molecule has 5 nitrogen and oxygen atoms in total. The van der Waals surface area contributed by atoms with Gasteiger partial charge in [-0.15, -0.1) is 0 Å². The number of rotatable bonds is 5. The van der Waals surface area contributed by atoms with Gasteiger partial charge in [0.05, 0.1) is 6.10 Å². The van der Waals surface area contributed by atoms with Crippen molar-refractivity contribution in [1.29, 1.82) is 0 Å². The van der Waals surface area contributed by atoms with Crippen molar-refractivity contribution in [1.82, 2.24) is 5.32 Å². The Morgan fingerprint density at radius 2 is 2.00 bits per heavy atom. The number of hydrogen-bond donors (Lipinski definition) is 3. The number of urea groups is 1. The fourth-order valence-corrected chi connectivity index (χ4v) is 2.41. The number of halogens is 1. The molecule has 22 heavy (non-hydrogen) atoms. The van der Waals surface area contributed by atoms with E-state index in [4.69, 9.17) is 0 Å². The Morgan fingerprint density at radius 3 is 2.64 bits per heavy atom. The Balaban J connectivity index is 1.95. The second-order valence-electron chi connectivity index (χ2n) is 6.04. The van der Waals surface area contributed by atoms with E-state index < -0.39 is 12.1 Å². The smallest absolute Gasteiger partial charge is 0.319 e. The van der Waals surface area contributed by atoms with E-state index in [0.29, 0.717) is 5.69 Å². The van der Waals surface area contributed by atoms with Crippen LogP contribution in [0.5, 0.6) is 0 Å². The summed E-state index contributed by atoms with van der Waals surface area (Å²) in [6.07, 6.45) is 1.61. The second-order valence-corrected chi connectivity index (χ2v) is 6.04. The third-order valence-electron chi connectivity index (χ3n) is 3.85. The molecule has 6 heteroatoms. The molecule has 1 unspecified atom stereocenters. The van der Waals surface area contributed by atoms with E-state index in [9.17, 15) is 14.3 Å². The molecule has 0 bridgehead atoms. The average Bonchev–Trinajstić information content (AvgIpc) is 2.98. The number of hydrogen-bond acceptors (Lipinski definition) is 3. The largest absolute Gasteiger partial charge is 0.391 e. The van der Waals surface area contributed by atoms with Gasteiger partial charge in [-0.2, -0.15) is 0 Å². The molecule has 2 rings (SSSR count). The van der Waals surface area contributed by atoms with Gasteiger partial charge in [-0.1, -0.05) is 13.8 Å². The number of aliphatic hydroxyl groups is 1. The quantitative estimate of drug-likeness (QED) is 0.783. The zero-order valence-corrected chi connectivity index (χ0v) is 13.1. The number of anilines is 2. The van der Waals surface area contributed by atoms with Gasteiger partial charge in [-0.25, -0.2) is 9.18 Å². The summed E-state index contributed by atoms with van der Waals surface area (Å²) in [4.78, 5) is 13.9. The number of amides is 2. The Labute approximate surface area is 130 Å². The standard InChI is InChI=1S/C16H24FN3O2/c1-11(2)15(21)10-18-16(22)19-13-7-12(17)8-14(9-13)20-5-3-4-6-20/h7-9,11,15,21H,3-6,10H2,1-2H3,(H2,18,19,22). The lowest BCUT2D eigenvalue weighted by Gasteiger charge is -2.19. The van der Waals surface area contributed by atoms with Crippen molar-refractivity contribution >= 4 is 17.4 Å². The molecule has 1 aromatic rings. The molecule has 1 atom stereocenters. The molecule has 0 aromatic heterocycles. The van der Waals surface area contributed by atoms with Crippen molar-refractivity contribution in [3.63, 3.8) is 0 Å². The minimum Gasteiger partial charge on any atom is -0.391 e. The van der Waals surface area contributed by atoms with Gasteiger partial charge in [0.1, 0.15) is 5.82 Å². The third kappa shape index (κ3) is 4.59. The summed E-state index contributed by atoms with van der Waals surface area (Å²) in [5, 5.41) is 14.9. The van der Waals surface area contributed by atoms with Gasteiger partial charge < -0.3 is 20.6 Å². The first-order valence-corrected chi connectivity index (χ1v) is 7.74. The van der Waals surface area contributed by atoms with Crippen LogP contribution < -0.4 is 15.5 Å². The summed E-state index contributed by atoms with van der Waals surface area (Å²) in [7, 11) is 0. The number of carbonyl (C=O) groups excluding carboxylic acids is 1. The molecule has 0 radical (unpaired) electrons. The van der Waals surface area contributed by atoms with Crippen LogP contribution in [-0.4, -0.2) is 36.9 Å². The Kier molecular flexibility index (Phi) is 5.60. The predicted octanol–water partition coefficient (Wildman–Crippen LogP) is 2.56. The molecule has 3 N–H and O–H groups in total. The molecule has 2 amide bonds. The molecule has 122 valence electrons. The maximum atomic E-state index is 13.7. The molecule has 1 aromatic carbocycles. The molecule has 1 fully saturated rings. The fraction of sp³-hybridized carbons (Fsp3) is 0.562. The first-order chi connectivity index (χ1) is 10.5. The van der Waals surface area contributed by atoms with Gasteiger partial charge >= 0.3 is 6.03 Å². The zero-order chi connectivity index (χ0) is 16.1. The molecule has 1 heterocycles. The summed E-state index contributed by atoms with van der Waals surface area (Å²) in [5.41, 5.74) is 1.20. The highest BCUT2D eigenvalue weighted by Gasteiger charge is 2.15. The highest BCUT2D eigenvalue weighted by Crippen LogP contribution is 2.25. The van der Waals surface area contributed by atoms with E-state index in [-0.39, 0.29) is 18.3 Å². The van der Waals surface area contributed by atoms with Crippen LogP contribution in [0.3, 0.4) is 0 Å². The molecular formula is C16H24FN3O2. The van der Waals surface area contributed by atoms with Crippen LogP contribution in [0.25, 0.3) is 0 Å². The van der Waals surface area contributed by atoms with Crippen molar-refractivity contribution in [3.8, 4) is 0 Å². The van der Waals surface area contributed by atoms with E-state index in [0.717, 1.165) is 31.6 Å². The Hall–Kier alpha value is -1.82.